The first kappa shape index (κ1) is 15.3. The van der Waals surface area contributed by atoms with E-state index in [1.54, 1.807) is 0 Å². The molecular weight excluding hydrogens is 288 g/mol. The van der Waals surface area contributed by atoms with Crippen molar-refractivity contribution in [2.24, 2.45) is 5.92 Å². The average Bonchev–Trinajstić information content (AvgIpc) is 2.45. The van der Waals surface area contributed by atoms with Gasteiger partial charge in [0.05, 0.1) is 17.5 Å². The van der Waals surface area contributed by atoms with Gasteiger partial charge in [0.2, 0.25) is 5.91 Å². The summed E-state index contributed by atoms with van der Waals surface area (Å²) >= 11 is 0. The molecule has 2 saturated heterocycles. The quantitative estimate of drug-likeness (QED) is 0.797. The number of rotatable bonds is 2. The van der Waals surface area contributed by atoms with Gasteiger partial charge in [-0.25, -0.2) is 8.42 Å². The van der Waals surface area contributed by atoms with Crippen molar-refractivity contribution in [2.75, 3.05) is 11.5 Å². The molecule has 1 aliphatic carbocycles. The minimum absolute atomic E-state index is 0.00104. The zero-order chi connectivity index (χ0) is 14.9. The highest BCUT2D eigenvalue weighted by atomic mass is 32.2. The summed E-state index contributed by atoms with van der Waals surface area (Å²) in [6.45, 7) is 0. The van der Waals surface area contributed by atoms with Crippen LogP contribution < -0.4 is 10.6 Å². The maximum absolute atomic E-state index is 12.4. The predicted octanol–water partition coefficient (Wildman–Crippen LogP) is 0.991. The van der Waals surface area contributed by atoms with Crippen LogP contribution in [0.1, 0.15) is 51.4 Å². The second-order valence-electron chi connectivity index (χ2n) is 6.91. The molecule has 3 rings (SSSR count). The molecule has 2 heterocycles. The molecule has 3 aliphatic rings. The molecule has 4 atom stereocenters. The van der Waals surface area contributed by atoms with Crippen LogP contribution in [0.25, 0.3) is 0 Å². The highest BCUT2D eigenvalue weighted by molar-refractivity contribution is 7.91. The van der Waals surface area contributed by atoms with Crippen LogP contribution in [0.2, 0.25) is 0 Å². The van der Waals surface area contributed by atoms with Crippen molar-refractivity contribution in [3.63, 3.8) is 0 Å². The predicted molar refractivity (Wildman–Crippen MR) is 81.7 cm³/mol. The number of sulfone groups is 1. The lowest BCUT2D eigenvalue weighted by atomic mass is 9.77. The minimum Gasteiger partial charge on any atom is -0.351 e. The van der Waals surface area contributed by atoms with Gasteiger partial charge in [-0.3, -0.25) is 4.79 Å². The Morgan fingerprint density at radius 3 is 2.62 bits per heavy atom. The summed E-state index contributed by atoms with van der Waals surface area (Å²) in [6, 6.07) is 0.162. The van der Waals surface area contributed by atoms with Crippen LogP contribution in [0.3, 0.4) is 0 Å². The first-order chi connectivity index (χ1) is 10.0. The Balaban J connectivity index is 1.53. The molecule has 5 nitrogen and oxygen atoms in total. The smallest absolute Gasteiger partial charge is 0.237 e. The number of hydrogen-bond donors (Lipinski definition) is 2. The Labute approximate surface area is 127 Å². The van der Waals surface area contributed by atoms with Crippen molar-refractivity contribution in [1.29, 1.82) is 0 Å². The molecule has 0 bridgehead atoms. The number of carbonyl (C=O) groups is 1. The largest absolute Gasteiger partial charge is 0.351 e. The van der Waals surface area contributed by atoms with Crippen LogP contribution in [0.15, 0.2) is 0 Å². The second-order valence-corrected chi connectivity index (χ2v) is 9.14. The van der Waals surface area contributed by atoms with E-state index in [1.165, 1.54) is 25.7 Å². The van der Waals surface area contributed by atoms with Crippen molar-refractivity contribution in [2.45, 2.75) is 69.5 Å². The lowest BCUT2D eigenvalue weighted by Gasteiger charge is -2.40. The molecular formula is C15H26N2O3S. The number of amides is 1. The summed E-state index contributed by atoms with van der Waals surface area (Å²) in [4.78, 5) is 12.4. The summed E-state index contributed by atoms with van der Waals surface area (Å²) in [5, 5.41) is 6.46. The zero-order valence-corrected chi connectivity index (χ0v) is 13.3. The van der Waals surface area contributed by atoms with Crippen molar-refractivity contribution in [3.8, 4) is 0 Å². The maximum atomic E-state index is 12.4. The monoisotopic (exact) mass is 314 g/mol. The molecule has 4 unspecified atom stereocenters. The Bertz CT molecular complexity index is 491. The normalized spacial score (nSPS) is 39.2. The fourth-order valence-corrected chi connectivity index (χ4v) is 5.78. The molecule has 0 aromatic rings. The second kappa shape index (κ2) is 6.24. The van der Waals surface area contributed by atoms with E-state index in [-0.39, 0.29) is 29.5 Å². The molecule has 1 saturated carbocycles. The molecule has 6 heteroatoms. The van der Waals surface area contributed by atoms with Crippen LogP contribution in [0, 0.1) is 5.92 Å². The van der Waals surface area contributed by atoms with E-state index in [2.05, 4.69) is 10.6 Å². The van der Waals surface area contributed by atoms with Gasteiger partial charge in [0, 0.05) is 12.1 Å². The highest BCUT2D eigenvalue weighted by Gasteiger charge is 2.35. The lowest BCUT2D eigenvalue weighted by Crippen LogP contribution is -2.57. The van der Waals surface area contributed by atoms with E-state index < -0.39 is 9.84 Å². The SMILES string of the molecule is O=C(NC1CCCS(=O)(=O)C1)C1CCC2CCCCC2N1. The van der Waals surface area contributed by atoms with Gasteiger partial charge in [0.1, 0.15) is 0 Å². The molecule has 3 fully saturated rings. The van der Waals surface area contributed by atoms with Gasteiger partial charge in [-0.15, -0.1) is 0 Å². The van der Waals surface area contributed by atoms with E-state index in [9.17, 15) is 13.2 Å². The third kappa shape index (κ3) is 3.77. The lowest BCUT2D eigenvalue weighted by molar-refractivity contribution is -0.125. The summed E-state index contributed by atoms with van der Waals surface area (Å²) < 4.78 is 23.3. The van der Waals surface area contributed by atoms with Gasteiger partial charge >= 0.3 is 0 Å². The van der Waals surface area contributed by atoms with Crippen LogP contribution >= 0.6 is 0 Å². The van der Waals surface area contributed by atoms with E-state index >= 15 is 0 Å². The molecule has 2 aliphatic heterocycles. The highest BCUT2D eigenvalue weighted by Crippen LogP contribution is 2.32. The van der Waals surface area contributed by atoms with Crippen LogP contribution in [-0.4, -0.2) is 44.0 Å². The Morgan fingerprint density at radius 1 is 1.00 bits per heavy atom. The van der Waals surface area contributed by atoms with Gasteiger partial charge in [0.15, 0.2) is 9.84 Å². The fraction of sp³-hybridized carbons (Fsp3) is 0.933. The van der Waals surface area contributed by atoms with Crippen molar-refractivity contribution in [3.05, 3.63) is 0 Å². The van der Waals surface area contributed by atoms with Gasteiger partial charge in [-0.2, -0.15) is 0 Å². The van der Waals surface area contributed by atoms with Crippen LogP contribution in [0.5, 0.6) is 0 Å². The first-order valence-electron chi connectivity index (χ1n) is 8.30. The number of nitrogens with one attached hydrogen (secondary N) is 2. The summed E-state index contributed by atoms with van der Waals surface area (Å²) in [6.07, 6.45) is 8.48. The summed E-state index contributed by atoms with van der Waals surface area (Å²) in [5.41, 5.74) is 0. The summed E-state index contributed by atoms with van der Waals surface area (Å²) in [5.74, 6) is 1.11. The van der Waals surface area contributed by atoms with Gasteiger partial charge < -0.3 is 10.6 Å². The Kier molecular flexibility index (Phi) is 4.54. The minimum atomic E-state index is -2.96. The third-order valence-electron chi connectivity index (χ3n) is 5.28. The molecule has 2 N–H and O–H groups in total. The number of hydrogen-bond acceptors (Lipinski definition) is 4. The molecule has 0 aromatic heterocycles. The molecule has 0 spiro atoms. The standard InChI is InChI=1S/C15H26N2O3S/c18-15(16-12-5-3-9-21(19,20)10-12)14-8-7-11-4-1-2-6-13(11)17-14/h11-14,17H,1-10H2,(H,16,18). The van der Waals surface area contributed by atoms with Crippen LogP contribution in [-0.2, 0) is 14.6 Å². The zero-order valence-electron chi connectivity index (χ0n) is 12.5. The summed E-state index contributed by atoms with van der Waals surface area (Å²) in [7, 11) is -2.96. The molecule has 120 valence electrons. The number of piperidine rings is 1. The topological polar surface area (TPSA) is 75.3 Å². The molecule has 0 aromatic carbocycles. The average molecular weight is 314 g/mol. The van der Waals surface area contributed by atoms with E-state index in [4.69, 9.17) is 0 Å². The Morgan fingerprint density at radius 2 is 1.81 bits per heavy atom. The van der Waals surface area contributed by atoms with E-state index in [1.807, 2.05) is 0 Å². The molecule has 1 amide bonds. The maximum Gasteiger partial charge on any atom is 0.237 e. The van der Waals surface area contributed by atoms with Gasteiger partial charge in [-0.05, 0) is 44.4 Å². The van der Waals surface area contributed by atoms with E-state index in [0.29, 0.717) is 12.5 Å². The number of fused-ring (bicyclic) bond motifs is 1. The van der Waals surface area contributed by atoms with E-state index in [0.717, 1.165) is 25.2 Å². The Hall–Kier alpha value is -0.620. The van der Waals surface area contributed by atoms with Crippen molar-refractivity contribution < 1.29 is 13.2 Å². The van der Waals surface area contributed by atoms with Gasteiger partial charge in [0.25, 0.3) is 0 Å². The first-order valence-corrected chi connectivity index (χ1v) is 10.1. The van der Waals surface area contributed by atoms with Crippen molar-refractivity contribution in [1.82, 2.24) is 10.6 Å². The number of carbonyl (C=O) groups excluding carboxylic acids is 1. The van der Waals surface area contributed by atoms with Crippen molar-refractivity contribution >= 4 is 15.7 Å². The third-order valence-corrected chi connectivity index (χ3v) is 7.10. The molecule has 0 radical (unpaired) electrons. The molecule has 21 heavy (non-hydrogen) atoms. The van der Waals surface area contributed by atoms with Crippen LogP contribution in [0.4, 0.5) is 0 Å². The fourth-order valence-electron chi connectivity index (χ4n) is 4.14. The van der Waals surface area contributed by atoms with Gasteiger partial charge in [-0.1, -0.05) is 12.8 Å².